The monoisotopic (exact) mass is 360 g/mol. The Morgan fingerprint density at radius 1 is 1.11 bits per heavy atom. The first-order valence-electron chi connectivity index (χ1n) is 9.49. The number of para-hydroxylation sites is 1. The lowest BCUT2D eigenvalue weighted by molar-refractivity contribution is 0.0724. The summed E-state index contributed by atoms with van der Waals surface area (Å²) in [6.07, 6.45) is 3.83. The predicted octanol–water partition coefficient (Wildman–Crippen LogP) is 4.20. The van der Waals surface area contributed by atoms with Gasteiger partial charge in [0.15, 0.2) is 5.69 Å². The van der Waals surface area contributed by atoms with Crippen molar-refractivity contribution >= 4 is 5.91 Å². The quantitative estimate of drug-likeness (QED) is 0.662. The Hall–Kier alpha value is -2.95. The number of amides is 1. The fourth-order valence-electron chi connectivity index (χ4n) is 3.17. The van der Waals surface area contributed by atoms with E-state index in [1.165, 1.54) is 5.56 Å². The lowest BCUT2D eigenvalue weighted by atomic mass is 10.0. The first-order chi connectivity index (χ1) is 13.1. The number of benzene rings is 2. The second-order valence-corrected chi connectivity index (χ2v) is 7.44. The molecule has 0 unspecified atom stereocenters. The highest BCUT2D eigenvalue weighted by molar-refractivity contribution is 5.92. The highest BCUT2D eigenvalue weighted by Crippen LogP contribution is 2.30. The van der Waals surface area contributed by atoms with Crippen molar-refractivity contribution in [1.29, 1.82) is 0 Å². The normalized spacial score (nSPS) is 13.7. The third-order valence-electron chi connectivity index (χ3n) is 4.98. The van der Waals surface area contributed by atoms with Gasteiger partial charge in [0.1, 0.15) is 0 Å². The van der Waals surface area contributed by atoms with E-state index >= 15 is 0 Å². The summed E-state index contributed by atoms with van der Waals surface area (Å²) in [6, 6.07) is 18.6. The predicted molar refractivity (Wildman–Crippen MR) is 105 cm³/mol. The molecule has 1 amide bonds. The minimum atomic E-state index is -0.0485. The average Bonchev–Trinajstić information content (AvgIpc) is 3.42. The SMILES string of the molecule is CC(C)c1ccc(CN(C(=O)c2cn(-c3ccccc3)nn2)C2CC2)cc1. The lowest BCUT2D eigenvalue weighted by Crippen LogP contribution is -2.32. The number of hydrogen-bond acceptors (Lipinski definition) is 3. The largest absolute Gasteiger partial charge is 0.330 e. The van der Waals surface area contributed by atoms with Gasteiger partial charge in [0.25, 0.3) is 5.91 Å². The number of rotatable bonds is 6. The van der Waals surface area contributed by atoms with Gasteiger partial charge < -0.3 is 4.90 Å². The summed E-state index contributed by atoms with van der Waals surface area (Å²) in [7, 11) is 0. The number of carbonyl (C=O) groups excluding carboxylic acids is 1. The van der Waals surface area contributed by atoms with E-state index in [2.05, 4.69) is 48.4 Å². The molecule has 0 atom stereocenters. The van der Waals surface area contributed by atoms with Crippen LogP contribution in [0, 0.1) is 0 Å². The Balaban J connectivity index is 1.52. The van der Waals surface area contributed by atoms with Crippen molar-refractivity contribution in [2.45, 2.75) is 45.2 Å². The topological polar surface area (TPSA) is 51.0 Å². The Bertz CT molecular complexity index is 911. The molecule has 0 bridgehead atoms. The van der Waals surface area contributed by atoms with Crippen LogP contribution >= 0.6 is 0 Å². The molecule has 0 aliphatic heterocycles. The Kier molecular flexibility index (Phi) is 4.75. The molecular weight excluding hydrogens is 336 g/mol. The highest BCUT2D eigenvalue weighted by atomic mass is 16.2. The van der Waals surface area contributed by atoms with E-state index < -0.39 is 0 Å². The van der Waals surface area contributed by atoms with Gasteiger partial charge >= 0.3 is 0 Å². The molecule has 1 aliphatic carbocycles. The van der Waals surface area contributed by atoms with Gasteiger partial charge in [-0.2, -0.15) is 0 Å². The number of hydrogen-bond donors (Lipinski definition) is 0. The first kappa shape index (κ1) is 17.5. The zero-order chi connectivity index (χ0) is 18.8. The molecular formula is C22H24N4O. The fourth-order valence-corrected chi connectivity index (χ4v) is 3.17. The Morgan fingerprint density at radius 3 is 2.44 bits per heavy atom. The summed E-state index contributed by atoms with van der Waals surface area (Å²) in [5.41, 5.74) is 3.75. The van der Waals surface area contributed by atoms with E-state index in [4.69, 9.17) is 0 Å². The maximum atomic E-state index is 13.1. The number of carbonyl (C=O) groups is 1. The molecule has 3 aromatic rings. The molecule has 1 fully saturated rings. The van der Waals surface area contributed by atoms with Crippen LogP contribution in [0.5, 0.6) is 0 Å². The molecule has 0 radical (unpaired) electrons. The van der Waals surface area contributed by atoms with Gasteiger partial charge in [-0.05, 0) is 42.0 Å². The minimum absolute atomic E-state index is 0.0485. The molecule has 138 valence electrons. The van der Waals surface area contributed by atoms with Crippen molar-refractivity contribution < 1.29 is 4.79 Å². The molecule has 0 saturated heterocycles. The van der Waals surface area contributed by atoms with Crippen LogP contribution in [0.15, 0.2) is 60.8 Å². The Morgan fingerprint density at radius 2 is 1.81 bits per heavy atom. The fraction of sp³-hybridized carbons (Fsp3) is 0.318. The highest BCUT2D eigenvalue weighted by Gasteiger charge is 2.34. The van der Waals surface area contributed by atoms with Crippen LogP contribution in [-0.2, 0) is 6.54 Å². The summed E-state index contributed by atoms with van der Waals surface area (Å²) < 4.78 is 1.65. The van der Waals surface area contributed by atoms with Crippen molar-refractivity contribution in [2.75, 3.05) is 0 Å². The van der Waals surface area contributed by atoms with Crippen LogP contribution in [0.1, 0.15) is 54.2 Å². The van der Waals surface area contributed by atoms with E-state index in [1.54, 1.807) is 10.9 Å². The molecule has 27 heavy (non-hydrogen) atoms. The second kappa shape index (κ2) is 7.35. The van der Waals surface area contributed by atoms with Crippen molar-refractivity contribution in [3.63, 3.8) is 0 Å². The standard InChI is InChI=1S/C22H24N4O/c1-16(2)18-10-8-17(9-11-18)14-25(19-12-13-19)22(27)21-15-26(24-23-21)20-6-4-3-5-7-20/h3-11,15-16,19H,12-14H2,1-2H3. The van der Waals surface area contributed by atoms with Crippen LogP contribution in [0.4, 0.5) is 0 Å². The van der Waals surface area contributed by atoms with Gasteiger partial charge in [0.05, 0.1) is 11.9 Å². The van der Waals surface area contributed by atoms with Gasteiger partial charge in [0, 0.05) is 12.6 Å². The summed E-state index contributed by atoms with van der Waals surface area (Å²) in [5, 5.41) is 8.25. The summed E-state index contributed by atoms with van der Waals surface area (Å²) >= 11 is 0. The third kappa shape index (κ3) is 3.92. The maximum absolute atomic E-state index is 13.1. The van der Waals surface area contributed by atoms with Crippen LogP contribution in [-0.4, -0.2) is 31.8 Å². The molecule has 5 heteroatoms. The van der Waals surface area contributed by atoms with E-state index in [9.17, 15) is 4.79 Å². The summed E-state index contributed by atoms with van der Waals surface area (Å²) in [5.74, 6) is 0.459. The maximum Gasteiger partial charge on any atom is 0.276 e. The van der Waals surface area contributed by atoms with Crippen LogP contribution < -0.4 is 0 Å². The van der Waals surface area contributed by atoms with Crippen LogP contribution in [0.3, 0.4) is 0 Å². The van der Waals surface area contributed by atoms with E-state index in [0.717, 1.165) is 24.1 Å². The molecule has 1 aromatic heterocycles. The molecule has 5 nitrogen and oxygen atoms in total. The third-order valence-corrected chi connectivity index (χ3v) is 4.98. The number of nitrogens with zero attached hydrogens (tertiary/aromatic N) is 4. The van der Waals surface area contributed by atoms with Crippen molar-refractivity contribution in [3.05, 3.63) is 77.6 Å². The number of aromatic nitrogens is 3. The van der Waals surface area contributed by atoms with Crippen molar-refractivity contribution in [3.8, 4) is 5.69 Å². The zero-order valence-corrected chi connectivity index (χ0v) is 15.7. The lowest BCUT2D eigenvalue weighted by Gasteiger charge is -2.21. The van der Waals surface area contributed by atoms with Gasteiger partial charge in [0.2, 0.25) is 0 Å². The van der Waals surface area contributed by atoms with E-state index in [0.29, 0.717) is 24.2 Å². The van der Waals surface area contributed by atoms with Gasteiger partial charge in [-0.25, -0.2) is 4.68 Å². The van der Waals surface area contributed by atoms with Crippen molar-refractivity contribution in [2.24, 2.45) is 0 Å². The minimum Gasteiger partial charge on any atom is -0.330 e. The van der Waals surface area contributed by atoms with Gasteiger partial charge in [-0.15, -0.1) is 5.10 Å². The van der Waals surface area contributed by atoms with Gasteiger partial charge in [-0.3, -0.25) is 4.79 Å². The van der Waals surface area contributed by atoms with Gasteiger partial charge in [-0.1, -0.05) is 61.5 Å². The molecule has 1 aliphatic rings. The summed E-state index contributed by atoms with van der Waals surface area (Å²) in [4.78, 5) is 15.0. The zero-order valence-electron chi connectivity index (χ0n) is 15.7. The second-order valence-electron chi connectivity index (χ2n) is 7.44. The molecule has 0 N–H and O–H groups in total. The molecule has 1 heterocycles. The Labute approximate surface area is 159 Å². The van der Waals surface area contributed by atoms with Crippen molar-refractivity contribution in [1.82, 2.24) is 19.9 Å². The smallest absolute Gasteiger partial charge is 0.276 e. The van der Waals surface area contributed by atoms with Crippen LogP contribution in [0.2, 0.25) is 0 Å². The molecule has 0 spiro atoms. The molecule has 4 rings (SSSR count). The van der Waals surface area contributed by atoms with Crippen LogP contribution in [0.25, 0.3) is 5.69 Å². The van der Waals surface area contributed by atoms with E-state index in [-0.39, 0.29) is 5.91 Å². The average molecular weight is 360 g/mol. The van der Waals surface area contributed by atoms with E-state index in [1.807, 2.05) is 35.2 Å². The molecule has 2 aromatic carbocycles. The summed E-state index contributed by atoms with van der Waals surface area (Å²) in [6.45, 7) is 4.98. The molecule has 1 saturated carbocycles. The first-order valence-corrected chi connectivity index (χ1v) is 9.49.